The highest BCUT2D eigenvalue weighted by molar-refractivity contribution is 7.97. The Bertz CT molecular complexity index is 531. The highest BCUT2D eigenvalue weighted by Crippen LogP contribution is 2.24. The first kappa shape index (κ1) is 22.3. The molecule has 0 radical (unpaired) electrons. The first-order valence-electron chi connectivity index (χ1n) is 10.6. The van der Waals surface area contributed by atoms with Crippen molar-refractivity contribution >= 4 is 17.9 Å². The number of hydrogen-bond acceptors (Lipinski definition) is 4. The lowest BCUT2D eigenvalue weighted by Crippen LogP contribution is -2.27. The molecule has 2 aliphatic rings. The summed E-state index contributed by atoms with van der Waals surface area (Å²) in [7, 11) is 2.17. The van der Waals surface area contributed by atoms with Gasteiger partial charge in [0.1, 0.15) is 0 Å². The summed E-state index contributed by atoms with van der Waals surface area (Å²) in [6, 6.07) is 8.09. The summed E-state index contributed by atoms with van der Waals surface area (Å²) < 4.78 is 2.40. The Morgan fingerprint density at radius 2 is 1.44 bits per heavy atom. The van der Waals surface area contributed by atoms with Gasteiger partial charge in [0.25, 0.3) is 5.91 Å². The van der Waals surface area contributed by atoms with E-state index in [2.05, 4.69) is 42.2 Å². The molecule has 1 amide bonds. The number of amides is 1. The summed E-state index contributed by atoms with van der Waals surface area (Å²) in [5.74, 6) is 0.183. The molecular weight excluding hydrogens is 354 g/mol. The number of rotatable bonds is 7. The molecule has 0 spiro atoms. The van der Waals surface area contributed by atoms with Gasteiger partial charge in [-0.15, -0.1) is 0 Å². The van der Waals surface area contributed by atoms with Crippen molar-refractivity contribution in [1.82, 2.24) is 14.1 Å². The van der Waals surface area contributed by atoms with Crippen molar-refractivity contribution < 1.29 is 4.79 Å². The summed E-state index contributed by atoms with van der Waals surface area (Å²) in [5, 5.41) is 0. The largest absolute Gasteiger partial charge is 0.339 e. The average Bonchev–Trinajstić information content (AvgIpc) is 3.36. The van der Waals surface area contributed by atoms with Crippen LogP contribution in [0.1, 0.15) is 62.7 Å². The molecule has 0 unspecified atom stereocenters. The van der Waals surface area contributed by atoms with E-state index in [0.29, 0.717) is 0 Å². The third-order valence-corrected chi connectivity index (χ3v) is 6.11. The maximum absolute atomic E-state index is 12.3. The third-order valence-electron chi connectivity index (χ3n) is 5.00. The Morgan fingerprint density at radius 1 is 0.926 bits per heavy atom. The van der Waals surface area contributed by atoms with Gasteiger partial charge in [-0.05, 0) is 94.9 Å². The molecule has 2 aliphatic heterocycles. The molecule has 2 saturated heterocycles. The molecule has 0 aliphatic carbocycles. The molecule has 2 heterocycles. The van der Waals surface area contributed by atoms with Crippen molar-refractivity contribution in [3.05, 3.63) is 29.8 Å². The van der Waals surface area contributed by atoms with Crippen molar-refractivity contribution in [3.8, 4) is 0 Å². The fraction of sp³-hybridized carbons (Fsp3) is 0.682. The van der Waals surface area contributed by atoms with Gasteiger partial charge in [0, 0.05) is 36.6 Å². The summed E-state index contributed by atoms with van der Waals surface area (Å²) in [6.45, 7) is 11.1. The highest BCUT2D eigenvalue weighted by atomic mass is 32.2. The fourth-order valence-corrected chi connectivity index (χ4v) is 4.59. The highest BCUT2D eigenvalue weighted by Gasteiger charge is 2.19. The number of carbonyl (C=O) groups is 1. The predicted octanol–water partition coefficient (Wildman–Crippen LogP) is 4.76. The minimum Gasteiger partial charge on any atom is -0.339 e. The minimum atomic E-state index is 0.183. The molecule has 0 N–H and O–H groups in total. The van der Waals surface area contributed by atoms with Crippen molar-refractivity contribution in [2.45, 2.75) is 57.3 Å². The van der Waals surface area contributed by atoms with Gasteiger partial charge < -0.3 is 9.80 Å². The zero-order valence-electron chi connectivity index (χ0n) is 17.5. The van der Waals surface area contributed by atoms with Gasteiger partial charge in [0.15, 0.2) is 0 Å². The second-order valence-corrected chi connectivity index (χ2v) is 8.72. The van der Waals surface area contributed by atoms with Crippen molar-refractivity contribution in [2.24, 2.45) is 0 Å². The second-order valence-electron chi connectivity index (χ2n) is 7.55. The Labute approximate surface area is 170 Å². The summed E-state index contributed by atoms with van der Waals surface area (Å²) in [5.41, 5.74) is 0.818. The van der Waals surface area contributed by atoms with E-state index < -0.39 is 0 Å². The molecule has 4 nitrogen and oxygen atoms in total. The van der Waals surface area contributed by atoms with E-state index in [4.69, 9.17) is 0 Å². The fourth-order valence-electron chi connectivity index (χ4n) is 3.49. The monoisotopic (exact) mass is 391 g/mol. The van der Waals surface area contributed by atoms with Gasteiger partial charge in [-0.25, -0.2) is 4.31 Å². The number of benzene rings is 1. The first-order chi connectivity index (χ1) is 13.1. The van der Waals surface area contributed by atoms with Gasteiger partial charge >= 0.3 is 0 Å². The minimum absolute atomic E-state index is 0.183. The molecule has 0 aromatic heterocycles. The topological polar surface area (TPSA) is 26.8 Å². The van der Waals surface area contributed by atoms with Crippen molar-refractivity contribution in [1.29, 1.82) is 0 Å². The Balaban J connectivity index is 0.000000369. The maximum atomic E-state index is 12.3. The Kier molecular flexibility index (Phi) is 10.2. The van der Waals surface area contributed by atoms with E-state index in [1.807, 2.05) is 17.0 Å². The number of nitrogens with zero attached hydrogens (tertiary/aromatic N) is 3. The molecule has 1 aromatic carbocycles. The number of carbonyl (C=O) groups excluding carboxylic acids is 1. The number of hydrogen-bond donors (Lipinski definition) is 0. The van der Waals surface area contributed by atoms with Crippen LogP contribution in [0.15, 0.2) is 29.2 Å². The van der Waals surface area contributed by atoms with E-state index in [1.165, 1.54) is 43.7 Å². The van der Waals surface area contributed by atoms with Crippen LogP contribution in [0.4, 0.5) is 0 Å². The lowest BCUT2D eigenvalue weighted by molar-refractivity contribution is 0.0793. The summed E-state index contributed by atoms with van der Waals surface area (Å²) >= 11 is 1.80. The second kappa shape index (κ2) is 12.4. The normalized spacial score (nSPS) is 17.3. The van der Waals surface area contributed by atoms with Crippen LogP contribution in [0.25, 0.3) is 0 Å². The van der Waals surface area contributed by atoms with Crippen LogP contribution in [-0.2, 0) is 0 Å². The molecule has 27 heavy (non-hydrogen) atoms. The maximum Gasteiger partial charge on any atom is 0.253 e. The van der Waals surface area contributed by atoms with Gasteiger partial charge in [0.05, 0.1) is 0 Å². The molecule has 152 valence electrons. The van der Waals surface area contributed by atoms with Crippen LogP contribution < -0.4 is 0 Å². The lowest BCUT2D eigenvalue weighted by Gasteiger charge is -2.20. The molecular formula is C22H37N3OS. The van der Waals surface area contributed by atoms with Crippen molar-refractivity contribution in [3.63, 3.8) is 0 Å². The molecule has 1 aromatic rings. The van der Waals surface area contributed by atoms with Crippen LogP contribution in [0.2, 0.25) is 0 Å². The van der Waals surface area contributed by atoms with E-state index in [-0.39, 0.29) is 5.91 Å². The first-order valence-corrected chi connectivity index (χ1v) is 11.4. The van der Waals surface area contributed by atoms with E-state index in [9.17, 15) is 4.79 Å². The van der Waals surface area contributed by atoms with Crippen LogP contribution >= 0.6 is 11.9 Å². The van der Waals surface area contributed by atoms with Gasteiger partial charge in [0.2, 0.25) is 0 Å². The van der Waals surface area contributed by atoms with Crippen LogP contribution in [0.5, 0.6) is 0 Å². The summed E-state index contributed by atoms with van der Waals surface area (Å²) in [6.07, 6.45) is 7.44. The predicted molar refractivity (Wildman–Crippen MR) is 116 cm³/mol. The van der Waals surface area contributed by atoms with Crippen molar-refractivity contribution in [2.75, 3.05) is 46.3 Å². The van der Waals surface area contributed by atoms with E-state index >= 15 is 0 Å². The smallest absolute Gasteiger partial charge is 0.253 e. The average molecular weight is 392 g/mol. The summed E-state index contributed by atoms with van der Waals surface area (Å²) in [4.78, 5) is 17.8. The van der Waals surface area contributed by atoms with Crippen LogP contribution in [-0.4, -0.2) is 66.3 Å². The SMILES string of the molecule is CCCN(CCC)Sc1ccc(C(=O)N2CCCC2)cc1.CN1CCCC1. The zero-order valence-corrected chi connectivity index (χ0v) is 18.3. The molecule has 0 saturated carbocycles. The molecule has 0 bridgehead atoms. The Hall–Kier alpha value is -1.04. The van der Waals surface area contributed by atoms with Gasteiger partial charge in [-0.1, -0.05) is 13.8 Å². The third kappa shape index (κ3) is 7.84. The van der Waals surface area contributed by atoms with Crippen LogP contribution in [0.3, 0.4) is 0 Å². The number of likely N-dealkylation sites (tertiary alicyclic amines) is 2. The quantitative estimate of drug-likeness (QED) is 0.626. The van der Waals surface area contributed by atoms with Crippen LogP contribution in [0, 0.1) is 0 Å². The van der Waals surface area contributed by atoms with E-state index in [0.717, 1.165) is 44.6 Å². The Morgan fingerprint density at radius 3 is 1.89 bits per heavy atom. The lowest BCUT2D eigenvalue weighted by atomic mass is 10.2. The van der Waals surface area contributed by atoms with Gasteiger partial charge in [-0.3, -0.25) is 4.79 Å². The standard InChI is InChI=1S/C17H26N2OS.C5H11N/c1-3-11-19(12-4-2)21-16-9-7-15(8-10-16)17(20)18-13-5-6-14-18;1-6-4-2-3-5-6/h7-10H,3-6,11-14H2,1-2H3;2-5H2,1H3. The molecule has 0 atom stereocenters. The molecule has 3 rings (SSSR count). The molecule has 5 heteroatoms. The van der Waals surface area contributed by atoms with Gasteiger partial charge in [-0.2, -0.15) is 0 Å². The zero-order chi connectivity index (χ0) is 19.5. The molecule has 2 fully saturated rings. The van der Waals surface area contributed by atoms with E-state index in [1.54, 1.807) is 11.9 Å².